The van der Waals surface area contributed by atoms with Gasteiger partial charge in [-0.1, -0.05) is 6.07 Å². The van der Waals surface area contributed by atoms with E-state index in [1.165, 1.54) is 11.6 Å². The van der Waals surface area contributed by atoms with Crippen LogP contribution in [0.4, 0.5) is 0 Å². The number of benzene rings is 1. The van der Waals surface area contributed by atoms with Crippen LogP contribution >= 0.6 is 0 Å². The van der Waals surface area contributed by atoms with Gasteiger partial charge in [0.15, 0.2) is 11.2 Å². The molecular weight excluding hydrogens is 374 g/mol. The molecule has 0 spiro atoms. The Hall–Kier alpha value is -2.91. The van der Waals surface area contributed by atoms with Crippen LogP contribution in [0.5, 0.6) is 5.75 Å². The average molecular weight is 402 g/mol. The second-order valence-corrected chi connectivity index (χ2v) is 7.62. The van der Waals surface area contributed by atoms with E-state index in [4.69, 9.17) is 0 Å². The highest BCUT2D eigenvalue weighted by Gasteiger charge is 2.17. The van der Waals surface area contributed by atoms with Crippen molar-refractivity contribution in [3.63, 3.8) is 0 Å². The number of aliphatic hydroxyl groups excluding tert-OH is 1. The maximum Gasteiger partial charge on any atom is 0.332 e. The number of aromatic hydroxyl groups is 1. The number of hydrogen-bond donors (Lipinski definition) is 3. The second-order valence-electron chi connectivity index (χ2n) is 7.62. The van der Waals surface area contributed by atoms with Gasteiger partial charge in [-0.25, -0.2) is 9.78 Å². The number of imidazole rings is 1. The van der Waals surface area contributed by atoms with Gasteiger partial charge in [0.25, 0.3) is 5.56 Å². The van der Waals surface area contributed by atoms with E-state index in [0.29, 0.717) is 24.3 Å². The number of rotatable bonds is 7. The molecule has 156 valence electrons. The smallest absolute Gasteiger partial charge is 0.332 e. The third-order valence-corrected chi connectivity index (χ3v) is 5.41. The molecular formula is C20H28N5O4+. The molecule has 2 aromatic heterocycles. The summed E-state index contributed by atoms with van der Waals surface area (Å²) in [5.74, 6) is 0.217. The molecule has 9 nitrogen and oxygen atoms in total. The highest BCUT2D eigenvalue weighted by Crippen LogP contribution is 2.20. The van der Waals surface area contributed by atoms with E-state index in [1.54, 1.807) is 43.1 Å². The number of aromatic nitrogens is 4. The molecule has 0 bridgehead atoms. The molecule has 9 heteroatoms. The van der Waals surface area contributed by atoms with Crippen LogP contribution in [0.15, 0.2) is 34.1 Å². The summed E-state index contributed by atoms with van der Waals surface area (Å²) in [4.78, 5) is 28.7. The van der Waals surface area contributed by atoms with Crippen LogP contribution in [-0.4, -0.2) is 41.5 Å². The van der Waals surface area contributed by atoms with E-state index in [-0.39, 0.29) is 17.4 Å². The number of fused-ring (bicyclic) bond motifs is 1. The molecule has 0 aliphatic heterocycles. The molecule has 29 heavy (non-hydrogen) atoms. The summed E-state index contributed by atoms with van der Waals surface area (Å²) in [5.41, 5.74) is 1.56. The van der Waals surface area contributed by atoms with Gasteiger partial charge in [0, 0.05) is 27.1 Å². The van der Waals surface area contributed by atoms with E-state index < -0.39 is 11.8 Å². The van der Waals surface area contributed by atoms with Crippen LogP contribution in [0, 0.1) is 6.92 Å². The standard InChI is InChI=1S/C20H27N5O4/c1-12-9-14(5-6-15(12)26)16(27)10-21-13(2)7-8-25-11-22-18-17(25)19(28)24(4)20(29)23(18)3/h5-6,9,11,13,16,21,26-27H,7-8,10H2,1-4H3/p+1. The molecule has 3 aromatic rings. The van der Waals surface area contributed by atoms with Crippen molar-refractivity contribution in [3.05, 3.63) is 56.5 Å². The summed E-state index contributed by atoms with van der Waals surface area (Å²) in [6, 6.07) is 5.31. The number of phenols is 1. The highest BCUT2D eigenvalue weighted by molar-refractivity contribution is 5.69. The normalized spacial score (nSPS) is 13.7. The van der Waals surface area contributed by atoms with E-state index >= 15 is 0 Å². The minimum absolute atomic E-state index is 0.205. The summed E-state index contributed by atoms with van der Waals surface area (Å²) in [5, 5.41) is 22.1. The summed E-state index contributed by atoms with van der Waals surface area (Å²) in [7, 11) is 3.06. The van der Waals surface area contributed by atoms with Crippen LogP contribution in [-0.2, 0) is 20.6 Å². The molecule has 2 heterocycles. The molecule has 1 aromatic carbocycles. The van der Waals surface area contributed by atoms with Gasteiger partial charge in [0.2, 0.25) is 0 Å². The predicted molar refractivity (Wildman–Crippen MR) is 109 cm³/mol. The zero-order chi connectivity index (χ0) is 21.3. The van der Waals surface area contributed by atoms with Crippen molar-refractivity contribution in [1.82, 2.24) is 18.7 Å². The Morgan fingerprint density at radius 3 is 2.62 bits per heavy atom. The minimum atomic E-state index is -0.632. The molecule has 0 aliphatic rings. The zero-order valence-corrected chi connectivity index (χ0v) is 17.2. The molecule has 0 amide bonds. The van der Waals surface area contributed by atoms with E-state index in [9.17, 15) is 19.8 Å². The van der Waals surface area contributed by atoms with E-state index in [0.717, 1.165) is 22.1 Å². The fourth-order valence-electron chi connectivity index (χ4n) is 3.41. The molecule has 0 aliphatic carbocycles. The Morgan fingerprint density at radius 1 is 1.21 bits per heavy atom. The molecule has 4 N–H and O–H groups in total. The number of hydrogen-bond acceptors (Lipinski definition) is 5. The zero-order valence-electron chi connectivity index (χ0n) is 17.2. The van der Waals surface area contributed by atoms with Gasteiger partial charge >= 0.3 is 5.69 Å². The quantitative estimate of drug-likeness (QED) is 0.493. The SMILES string of the molecule is Cc1cc(C(O)C[NH2+]C(C)CCn2cnc3c2c(=O)n(C)c(=O)n3C)ccc1O. The molecule has 3 rings (SSSR count). The molecule has 2 unspecified atom stereocenters. The maximum atomic E-state index is 12.5. The van der Waals surface area contributed by atoms with Crippen LogP contribution in [0.25, 0.3) is 11.2 Å². The third-order valence-electron chi connectivity index (χ3n) is 5.41. The van der Waals surface area contributed by atoms with E-state index in [1.807, 2.05) is 0 Å². The van der Waals surface area contributed by atoms with Crippen molar-refractivity contribution in [1.29, 1.82) is 0 Å². The summed E-state index contributed by atoms with van der Waals surface area (Å²) in [6.45, 7) is 4.93. The van der Waals surface area contributed by atoms with Gasteiger partial charge in [-0.05, 0) is 37.1 Å². The first-order valence-electron chi connectivity index (χ1n) is 9.62. The summed E-state index contributed by atoms with van der Waals surface area (Å²) >= 11 is 0. The minimum Gasteiger partial charge on any atom is -0.508 e. The molecule has 0 saturated carbocycles. The molecule has 0 fully saturated rings. The van der Waals surface area contributed by atoms with Gasteiger partial charge in [-0.2, -0.15) is 0 Å². The largest absolute Gasteiger partial charge is 0.508 e. The van der Waals surface area contributed by atoms with Gasteiger partial charge < -0.3 is 20.1 Å². The van der Waals surface area contributed by atoms with Crippen molar-refractivity contribution in [2.75, 3.05) is 6.54 Å². The lowest BCUT2D eigenvalue weighted by Gasteiger charge is -2.15. The lowest BCUT2D eigenvalue weighted by molar-refractivity contribution is -0.693. The summed E-state index contributed by atoms with van der Waals surface area (Å²) < 4.78 is 4.24. The number of nitrogens with zero attached hydrogens (tertiary/aromatic N) is 4. The molecule has 0 radical (unpaired) electrons. The van der Waals surface area contributed by atoms with Crippen molar-refractivity contribution in [2.45, 2.75) is 39.0 Å². The lowest BCUT2D eigenvalue weighted by atomic mass is 10.1. The predicted octanol–water partition coefficient (Wildman–Crippen LogP) is -0.477. The maximum absolute atomic E-state index is 12.5. The Morgan fingerprint density at radius 2 is 1.93 bits per heavy atom. The Labute approximate surface area is 167 Å². The number of nitrogens with two attached hydrogens (primary N) is 1. The van der Waals surface area contributed by atoms with Crippen molar-refractivity contribution in [2.24, 2.45) is 14.1 Å². The Kier molecular flexibility index (Phi) is 5.90. The van der Waals surface area contributed by atoms with Gasteiger partial charge in [0.05, 0.1) is 12.4 Å². The number of phenolic OH excluding ortho intramolecular Hbond substituents is 1. The van der Waals surface area contributed by atoms with Crippen LogP contribution < -0.4 is 16.6 Å². The highest BCUT2D eigenvalue weighted by atomic mass is 16.3. The fourth-order valence-corrected chi connectivity index (χ4v) is 3.41. The first-order valence-corrected chi connectivity index (χ1v) is 9.62. The Balaban J connectivity index is 1.64. The van der Waals surface area contributed by atoms with Gasteiger partial charge in [0.1, 0.15) is 18.4 Å². The van der Waals surface area contributed by atoms with E-state index in [2.05, 4.69) is 17.2 Å². The number of aryl methyl sites for hydroxylation is 3. The lowest BCUT2D eigenvalue weighted by Crippen LogP contribution is -2.90. The second kappa shape index (κ2) is 8.22. The first kappa shape index (κ1) is 20.8. The first-order chi connectivity index (χ1) is 13.7. The van der Waals surface area contributed by atoms with Crippen LogP contribution in [0.3, 0.4) is 0 Å². The monoisotopic (exact) mass is 402 g/mol. The number of aliphatic hydroxyl groups is 1. The molecule has 2 atom stereocenters. The average Bonchev–Trinajstić information content (AvgIpc) is 3.13. The third kappa shape index (κ3) is 4.10. The number of quaternary nitrogens is 1. The van der Waals surface area contributed by atoms with Gasteiger partial charge in [-0.15, -0.1) is 0 Å². The van der Waals surface area contributed by atoms with Crippen LogP contribution in [0.1, 0.15) is 30.6 Å². The molecule has 0 saturated heterocycles. The van der Waals surface area contributed by atoms with Crippen molar-refractivity contribution < 1.29 is 15.5 Å². The van der Waals surface area contributed by atoms with Gasteiger partial charge in [-0.3, -0.25) is 13.9 Å². The fraction of sp³-hybridized carbons (Fsp3) is 0.450. The van der Waals surface area contributed by atoms with Crippen LogP contribution in [0.2, 0.25) is 0 Å². The van der Waals surface area contributed by atoms with Crippen molar-refractivity contribution in [3.8, 4) is 5.75 Å². The van der Waals surface area contributed by atoms with Crippen molar-refractivity contribution >= 4 is 11.2 Å². The Bertz CT molecular complexity index is 1140. The summed E-state index contributed by atoms with van der Waals surface area (Å²) in [6.07, 6.45) is 1.72. The topological polar surface area (TPSA) is 119 Å².